The highest BCUT2D eigenvalue weighted by Crippen LogP contribution is 2.23. The van der Waals surface area contributed by atoms with Crippen LogP contribution in [0.3, 0.4) is 0 Å². The fourth-order valence-corrected chi connectivity index (χ4v) is 2.86. The molecule has 0 aliphatic carbocycles. The summed E-state index contributed by atoms with van der Waals surface area (Å²) in [5.74, 6) is -0.0414. The fourth-order valence-electron chi connectivity index (χ4n) is 2.64. The lowest BCUT2D eigenvalue weighted by Crippen LogP contribution is -2.48. The van der Waals surface area contributed by atoms with Crippen molar-refractivity contribution in [1.29, 1.82) is 0 Å². The second kappa shape index (κ2) is 5.55. The van der Waals surface area contributed by atoms with Crippen LogP contribution in [0.5, 0.6) is 0 Å². The Morgan fingerprint density at radius 3 is 2.95 bits per heavy atom. The van der Waals surface area contributed by atoms with Crippen molar-refractivity contribution >= 4 is 17.5 Å². The molecule has 1 saturated heterocycles. The van der Waals surface area contributed by atoms with Crippen LogP contribution in [0.1, 0.15) is 43.6 Å². The van der Waals surface area contributed by atoms with Gasteiger partial charge in [0.25, 0.3) is 5.91 Å². The van der Waals surface area contributed by atoms with Crippen LogP contribution in [0.15, 0.2) is 12.3 Å². The highest BCUT2D eigenvalue weighted by atomic mass is 35.5. The Morgan fingerprint density at radius 2 is 2.32 bits per heavy atom. The molecule has 2 rings (SSSR count). The highest BCUT2D eigenvalue weighted by molar-refractivity contribution is 6.31. The van der Waals surface area contributed by atoms with E-state index in [-0.39, 0.29) is 5.91 Å². The minimum atomic E-state index is -0.778. The molecule has 1 amide bonds. The number of likely N-dealkylation sites (tertiary alicyclic amines) is 1. The largest absolute Gasteiger partial charge is 0.388 e. The Kier molecular flexibility index (Phi) is 4.21. The molecule has 5 heteroatoms. The predicted octanol–water partition coefficient (Wildman–Crippen LogP) is 2.54. The molecule has 1 atom stereocenters. The Bertz CT molecular complexity index is 468. The third-order valence-electron chi connectivity index (χ3n) is 3.51. The van der Waals surface area contributed by atoms with Crippen LogP contribution in [0.4, 0.5) is 0 Å². The van der Waals surface area contributed by atoms with Crippen LogP contribution in [-0.2, 0) is 6.54 Å². The summed E-state index contributed by atoms with van der Waals surface area (Å²) in [5, 5.41) is 10.7. The van der Waals surface area contributed by atoms with Gasteiger partial charge in [0.05, 0.1) is 10.6 Å². The summed E-state index contributed by atoms with van der Waals surface area (Å²) in [4.78, 5) is 14.3. The Balaban J connectivity index is 2.19. The van der Waals surface area contributed by atoms with Gasteiger partial charge in [-0.25, -0.2) is 0 Å². The van der Waals surface area contributed by atoms with E-state index in [2.05, 4.69) is 6.92 Å². The standard InChI is InChI=1S/C14H21ClN2O2/c1-3-6-16-9-11(15)8-12(16)13(18)17-7-4-5-14(2,19)10-17/h8-9,19H,3-7,10H2,1-2H3. The summed E-state index contributed by atoms with van der Waals surface area (Å²) in [6.45, 7) is 5.71. The van der Waals surface area contributed by atoms with Gasteiger partial charge in [0.1, 0.15) is 5.69 Å². The molecule has 1 fully saturated rings. The lowest BCUT2D eigenvalue weighted by Gasteiger charge is -2.36. The molecule has 0 bridgehead atoms. The maximum absolute atomic E-state index is 12.5. The Morgan fingerprint density at radius 1 is 1.58 bits per heavy atom. The zero-order valence-corrected chi connectivity index (χ0v) is 12.3. The monoisotopic (exact) mass is 284 g/mol. The molecule has 1 aliphatic rings. The average molecular weight is 285 g/mol. The van der Waals surface area contributed by atoms with E-state index in [0.29, 0.717) is 23.8 Å². The smallest absolute Gasteiger partial charge is 0.270 e. The van der Waals surface area contributed by atoms with Crippen molar-refractivity contribution in [2.75, 3.05) is 13.1 Å². The summed E-state index contributed by atoms with van der Waals surface area (Å²) in [7, 11) is 0. The molecule has 1 aliphatic heterocycles. The molecule has 0 aromatic carbocycles. The highest BCUT2D eigenvalue weighted by Gasteiger charge is 2.32. The molecule has 106 valence electrons. The van der Waals surface area contributed by atoms with Crippen LogP contribution in [0.25, 0.3) is 0 Å². The number of hydrogen-bond acceptors (Lipinski definition) is 2. The van der Waals surface area contributed by atoms with Crippen LogP contribution in [0.2, 0.25) is 5.02 Å². The number of halogens is 1. The molecule has 1 unspecified atom stereocenters. The number of hydrogen-bond donors (Lipinski definition) is 1. The first kappa shape index (κ1) is 14.4. The fraction of sp³-hybridized carbons (Fsp3) is 0.643. The van der Waals surface area contributed by atoms with Crippen molar-refractivity contribution < 1.29 is 9.90 Å². The van der Waals surface area contributed by atoms with E-state index in [1.165, 1.54) is 0 Å². The number of rotatable bonds is 3. The van der Waals surface area contributed by atoms with Crippen molar-refractivity contribution in [2.45, 2.75) is 45.3 Å². The number of β-amino-alcohol motifs (C(OH)–C–C–N with tert-alkyl or cyclic N) is 1. The van der Waals surface area contributed by atoms with E-state index in [9.17, 15) is 9.90 Å². The first-order valence-corrected chi connectivity index (χ1v) is 7.18. The molecule has 4 nitrogen and oxygen atoms in total. The maximum Gasteiger partial charge on any atom is 0.270 e. The molecule has 0 saturated carbocycles. The normalized spacial score (nSPS) is 23.7. The predicted molar refractivity (Wildman–Crippen MR) is 75.5 cm³/mol. The van der Waals surface area contributed by atoms with E-state index in [0.717, 1.165) is 25.8 Å². The molecule has 1 aromatic heterocycles. The number of amides is 1. The van der Waals surface area contributed by atoms with Gasteiger partial charge < -0.3 is 14.6 Å². The van der Waals surface area contributed by atoms with E-state index in [4.69, 9.17) is 11.6 Å². The Labute approximate surface area is 119 Å². The van der Waals surface area contributed by atoms with Crippen LogP contribution < -0.4 is 0 Å². The lowest BCUT2D eigenvalue weighted by molar-refractivity contribution is -0.0111. The molecule has 0 spiro atoms. The van der Waals surface area contributed by atoms with Gasteiger partial charge in [-0.2, -0.15) is 0 Å². The van der Waals surface area contributed by atoms with Gasteiger partial charge in [-0.1, -0.05) is 18.5 Å². The first-order valence-electron chi connectivity index (χ1n) is 6.80. The molecular weight excluding hydrogens is 264 g/mol. The van der Waals surface area contributed by atoms with Gasteiger partial charge in [-0.3, -0.25) is 4.79 Å². The second-order valence-corrected chi connectivity index (χ2v) is 6.00. The molecule has 19 heavy (non-hydrogen) atoms. The molecule has 0 radical (unpaired) electrons. The number of carbonyl (C=O) groups excluding carboxylic acids is 1. The minimum Gasteiger partial charge on any atom is -0.388 e. The van der Waals surface area contributed by atoms with Gasteiger partial charge in [0.2, 0.25) is 0 Å². The third-order valence-corrected chi connectivity index (χ3v) is 3.72. The molecular formula is C14H21ClN2O2. The number of aliphatic hydroxyl groups is 1. The van der Waals surface area contributed by atoms with Crippen molar-refractivity contribution in [3.8, 4) is 0 Å². The summed E-state index contributed by atoms with van der Waals surface area (Å²) in [6, 6.07) is 1.71. The summed E-state index contributed by atoms with van der Waals surface area (Å²) < 4.78 is 1.90. The van der Waals surface area contributed by atoms with Crippen molar-refractivity contribution in [3.05, 3.63) is 23.0 Å². The quantitative estimate of drug-likeness (QED) is 0.927. The van der Waals surface area contributed by atoms with Gasteiger partial charge in [0.15, 0.2) is 0 Å². The van der Waals surface area contributed by atoms with Crippen LogP contribution >= 0.6 is 11.6 Å². The van der Waals surface area contributed by atoms with Crippen molar-refractivity contribution in [3.63, 3.8) is 0 Å². The SMILES string of the molecule is CCCn1cc(Cl)cc1C(=O)N1CCCC(C)(O)C1. The van der Waals surface area contributed by atoms with Gasteiger partial charge in [-0.05, 0) is 32.3 Å². The second-order valence-electron chi connectivity index (χ2n) is 5.56. The molecule has 1 aromatic rings. The number of aryl methyl sites for hydroxylation is 1. The molecule has 1 N–H and O–H groups in total. The number of nitrogens with zero attached hydrogens (tertiary/aromatic N) is 2. The summed E-state index contributed by atoms with van der Waals surface area (Å²) in [5.41, 5.74) is -0.163. The van der Waals surface area contributed by atoms with Crippen molar-refractivity contribution in [2.24, 2.45) is 0 Å². The van der Waals surface area contributed by atoms with E-state index < -0.39 is 5.60 Å². The van der Waals surface area contributed by atoms with E-state index in [1.54, 1.807) is 24.1 Å². The maximum atomic E-state index is 12.5. The average Bonchev–Trinajstić information content (AvgIpc) is 2.68. The van der Waals surface area contributed by atoms with Crippen LogP contribution in [0, 0.1) is 0 Å². The summed E-state index contributed by atoms with van der Waals surface area (Å²) >= 11 is 6.00. The van der Waals surface area contributed by atoms with Gasteiger partial charge in [-0.15, -0.1) is 0 Å². The van der Waals surface area contributed by atoms with Gasteiger partial charge >= 0.3 is 0 Å². The zero-order valence-electron chi connectivity index (χ0n) is 11.5. The molecule has 2 heterocycles. The van der Waals surface area contributed by atoms with E-state index >= 15 is 0 Å². The zero-order chi connectivity index (χ0) is 14.0. The van der Waals surface area contributed by atoms with Gasteiger partial charge in [0, 0.05) is 25.8 Å². The van der Waals surface area contributed by atoms with Crippen molar-refractivity contribution in [1.82, 2.24) is 9.47 Å². The van der Waals surface area contributed by atoms with Crippen LogP contribution in [-0.4, -0.2) is 39.2 Å². The minimum absolute atomic E-state index is 0.0414. The third kappa shape index (κ3) is 3.31. The Hall–Kier alpha value is -1.00. The lowest BCUT2D eigenvalue weighted by atomic mass is 9.95. The number of aromatic nitrogens is 1. The topological polar surface area (TPSA) is 45.5 Å². The number of carbonyl (C=O) groups is 1. The first-order chi connectivity index (χ1) is 8.93. The summed E-state index contributed by atoms with van der Waals surface area (Å²) in [6.07, 6.45) is 4.32. The van der Waals surface area contributed by atoms with E-state index in [1.807, 2.05) is 4.57 Å². The number of piperidine rings is 1.